The lowest BCUT2D eigenvalue weighted by molar-refractivity contribution is -0.142. The van der Waals surface area contributed by atoms with E-state index >= 15 is 0 Å². The average Bonchev–Trinajstić information content (AvgIpc) is 3.56. The zero-order valence-corrected chi connectivity index (χ0v) is 36.5. The number of carbonyl (C=O) groups is 7. The van der Waals surface area contributed by atoms with Gasteiger partial charge in [0, 0.05) is 36.4 Å². The fraction of sp³-hybridized carbons (Fsp3) is 0.426. The van der Waals surface area contributed by atoms with Gasteiger partial charge in [-0.3, -0.25) is 28.8 Å². The van der Waals surface area contributed by atoms with Crippen molar-refractivity contribution in [3.05, 3.63) is 107 Å². The SMILES string of the molecule is CC(=O)N[C@@H](C(=O)N[C@@H](CC(C)C)C(=O)N[C@H](C(=O)NCC(=O)N[C@H](C(=O)N[C@@H](Cc1c[nH]c2ccccc12)C(=O)O)C(C)C)[C@H](C)O)C1c2ccccc2CCc2ccccc21. The third-order valence-corrected chi connectivity index (χ3v) is 11.2. The summed E-state index contributed by atoms with van der Waals surface area (Å²) < 4.78 is 0. The maximum Gasteiger partial charge on any atom is 0.326 e. The number of aliphatic carboxylic acids is 1. The van der Waals surface area contributed by atoms with Crippen molar-refractivity contribution in [2.75, 3.05) is 6.54 Å². The summed E-state index contributed by atoms with van der Waals surface area (Å²) in [6, 6.07) is 16.5. The molecule has 0 saturated carbocycles. The standard InChI is InChI=1S/C47H59N7O9/c1-25(2)21-36(51-46(61)42(50-28(6)56)39-33-16-9-7-13-29(33)19-20-30-14-8-10-17-34(30)39)43(58)54-41(27(5)55)44(59)49-24-38(57)53-40(26(3)4)45(60)52-37(47(62)63)22-31-23-48-35-18-12-11-15-32(31)35/h7-18,23,25-27,36-37,39-42,48,55H,19-22,24H2,1-6H3,(H,49,59)(H,50,56)(H,51,61)(H,52,60)(H,53,57)(H,54,58)(H,62,63)/t27-,36-,37-,40-,41-,42+/m0/s1. The van der Waals surface area contributed by atoms with Crippen LogP contribution in [-0.4, -0.2) is 99.5 Å². The molecule has 0 aliphatic heterocycles. The van der Waals surface area contributed by atoms with Crippen LogP contribution in [0.25, 0.3) is 10.9 Å². The number of carboxylic acids is 1. The first-order valence-electron chi connectivity index (χ1n) is 21.3. The van der Waals surface area contributed by atoms with Crippen LogP contribution in [0.2, 0.25) is 0 Å². The van der Waals surface area contributed by atoms with E-state index in [0.29, 0.717) is 5.56 Å². The number of nitrogens with one attached hydrogen (secondary N) is 7. The molecule has 0 saturated heterocycles. The van der Waals surface area contributed by atoms with E-state index < -0.39 is 96.1 Å². The minimum atomic E-state index is -1.56. The molecule has 63 heavy (non-hydrogen) atoms. The van der Waals surface area contributed by atoms with Gasteiger partial charge in [0.05, 0.1) is 12.6 Å². The summed E-state index contributed by atoms with van der Waals surface area (Å²) in [5.74, 6) is -6.73. The predicted octanol–water partition coefficient (Wildman–Crippen LogP) is 2.37. The molecule has 5 rings (SSSR count). The number of aryl methyl sites for hydroxylation is 2. The molecule has 0 spiro atoms. The van der Waals surface area contributed by atoms with E-state index in [0.717, 1.165) is 46.0 Å². The number of aliphatic hydroxyl groups excluding tert-OH is 1. The number of aliphatic hydroxyl groups is 1. The summed E-state index contributed by atoms with van der Waals surface area (Å²) in [5, 5.41) is 37.1. The lowest BCUT2D eigenvalue weighted by Crippen LogP contribution is -2.60. The highest BCUT2D eigenvalue weighted by Gasteiger charge is 2.38. The van der Waals surface area contributed by atoms with Crippen molar-refractivity contribution in [2.24, 2.45) is 11.8 Å². The van der Waals surface area contributed by atoms with Gasteiger partial charge in [-0.15, -0.1) is 0 Å². The van der Waals surface area contributed by atoms with Gasteiger partial charge in [0.25, 0.3) is 0 Å². The van der Waals surface area contributed by atoms with Crippen LogP contribution >= 0.6 is 0 Å². The van der Waals surface area contributed by atoms with Gasteiger partial charge < -0.3 is 47.1 Å². The van der Waals surface area contributed by atoms with Crippen molar-refractivity contribution in [1.82, 2.24) is 36.9 Å². The number of fused-ring (bicyclic) bond motifs is 3. The second kappa shape index (κ2) is 21.5. The number of carboxylic acid groups (broad SMARTS) is 1. The topological polar surface area (TPSA) is 248 Å². The van der Waals surface area contributed by atoms with Crippen LogP contribution in [0, 0.1) is 11.8 Å². The number of carbonyl (C=O) groups excluding carboxylic acids is 6. The van der Waals surface area contributed by atoms with E-state index in [2.05, 4.69) is 36.9 Å². The molecule has 16 nitrogen and oxygen atoms in total. The first kappa shape index (κ1) is 47.5. The van der Waals surface area contributed by atoms with E-state index in [1.54, 1.807) is 20.0 Å². The van der Waals surface area contributed by atoms with Crippen molar-refractivity contribution in [2.45, 2.75) is 109 Å². The molecule has 3 aromatic carbocycles. The molecule has 1 aromatic heterocycles. The number of hydrogen-bond acceptors (Lipinski definition) is 8. The number of benzene rings is 3. The van der Waals surface area contributed by atoms with Gasteiger partial charge in [0.1, 0.15) is 30.2 Å². The van der Waals surface area contributed by atoms with Crippen molar-refractivity contribution in [3.8, 4) is 0 Å². The van der Waals surface area contributed by atoms with Crippen LogP contribution in [0.15, 0.2) is 79.0 Å². The quantitative estimate of drug-likeness (QED) is 0.0671. The van der Waals surface area contributed by atoms with E-state index in [4.69, 9.17) is 0 Å². The lowest BCUT2D eigenvalue weighted by Gasteiger charge is -2.31. The monoisotopic (exact) mass is 865 g/mol. The third-order valence-electron chi connectivity index (χ3n) is 11.2. The average molecular weight is 866 g/mol. The molecular weight excluding hydrogens is 807 g/mol. The van der Waals surface area contributed by atoms with E-state index in [1.807, 2.05) is 86.6 Å². The zero-order valence-electron chi connectivity index (χ0n) is 36.5. The first-order valence-corrected chi connectivity index (χ1v) is 21.3. The van der Waals surface area contributed by atoms with E-state index in [-0.39, 0.29) is 18.8 Å². The second-order valence-corrected chi connectivity index (χ2v) is 16.9. The second-order valence-electron chi connectivity index (χ2n) is 16.9. The summed E-state index contributed by atoms with van der Waals surface area (Å²) in [5.41, 5.74) is 5.32. The number of rotatable bonds is 19. The Hall–Kier alpha value is -6.55. The van der Waals surface area contributed by atoms with Crippen LogP contribution in [0.4, 0.5) is 0 Å². The molecule has 0 bridgehead atoms. The fourth-order valence-corrected chi connectivity index (χ4v) is 8.09. The van der Waals surface area contributed by atoms with Crippen LogP contribution in [0.3, 0.4) is 0 Å². The molecule has 0 unspecified atom stereocenters. The number of aromatic nitrogens is 1. The van der Waals surface area contributed by atoms with E-state index in [1.165, 1.54) is 13.8 Å². The molecule has 16 heteroatoms. The third kappa shape index (κ3) is 12.3. The molecule has 6 amide bonds. The molecule has 6 atom stereocenters. The van der Waals surface area contributed by atoms with Crippen LogP contribution < -0.4 is 31.9 Å². The summed E-state index contributed by atoms with van der Waals surface area (Å²) in [4.78, 5) is 96.3. The lowest BCUT2D eigenvalue weighted by atomic mass is 9.82. The molecule has 0 fully saturated rings. The maximum absolute atomic E-state index is 14.4. The molecule has 1 heterocycles. The molecule has 336 valence electrons. The number of hydrogen-bond donors (Lipinski definition) is 9. The summed E-state index contributed by atoms with van der Waals surface area (Å²) in [6.45, 7) is 8.98. The highest BCUT2D eigenvalue weighted by molar-refractivity contribution is 5.96. The van der Waals surface area contributed by atoms with Gasteiger partial charge in [-0.1, -0.05) is 94.4 Å². The highest BCUT2D eigenvalue weighted by atomic mass is 16.4. The summed E-state index contributed by atoms with van der Waals surface area (Å²) in [6.07, 6.45) is 1.82. The van der Waals surface area contributed by atoms with Gasteiger partial charge in [0.15, 0.2) is 0 Å². The number of aromatic amines is 1. The predicted molar refractivity (Wildman–Crippen MR) is 236 cm³/mol. The van der Waals surface area contributed by atoms with Gasteiger partial charge in [-0.25, -0.2) is 4.79 Å². The Labute approximate surface area is 366 Å². The van der Waals surface area contributed by atoms with Crippen LogP contribution in [0.5, 0.6) is 0 Å². The van der Waals surface area contributed by atoms with Crippen molar-refractivity contribution >= 4 is 52.3 Å². The maximum atomic E-state index is 14.4. The number of amides is 6. The number of H-pyrrole nitrogens is 1. The largest absolute Gasteiger partial charge is 0.480 e. The van der Waals surface area contributed by atoms with Crippen molar-refractivity contribution in [3.63, 3.8) is 0 Å². The normalized spacial score (nSPS) is 15.3. The minimum absolute atomic E-state index is 0.0203. The van der Waals surface area contributed by atoms with E-state index in [9.17, 15) is 43.8 Å². The molecule has 0 radical (unpaired) electrons. The zero-order chi connectivity index (χ0) is 46.0. The van der Waals surface area contributed by atoms with Gasteiger partial charge in [-0.2, -0.15) is 0 Å². The smallest absolute Gasteiger partial charge is 0.326 e. The van der Waals surface area contributed by atoms with Crippen LogP contribution in [0.1, 0.15) is 81.7 Å². The Morgan fingerprint density at radius 2 is 1.27 bits per heavy atom. The highest BCUT2D eigenvalue weighted by Crippen LogP contribution is 2.37. The van der Waals surface area contributed by atoms with Crippen molar-refractivity contribution < 1.29 is 43.8 Å². The van der Waals surface area contributed by atoms with Crippen LogP contribution in [-0.2, 0) is 52.8 Å². The summed E-state index contributed by atoms with van der Waals surface area (Å²) >= 11 is 0. The fourth-order valence-electron chi connectivity index (χ4n) is 8.09. The Morgan fingerprint density at radius 3 is 1.84 bits per heavy atom. The number of para-hydroxylation sites is 1. The molecular formula is C47H59N7O9. The minimum Gasteiger partial charge on any atom is -0.480 e. The van der Waals surface area contributed by atoms with Crippen molar-refractivity contribution in [1.29, 1.82) is 0 Å². The Bertz CT molecular complexity index is 2260. The van der Waals surface area contributed by atoms with Gasteiger partial charge in [-0.05, 0) is 71.9 Å². The Kier molecular flexibility index (Phi) is 16.2. The Morgan fingerprint density at radius 1 is 0.683 bits per heavy atom. The van der Waals surface area contributed by atoms with Gasteiger partial charge >= 0.3 is 5.97 Å². The molecule has 4 aromatic rings. The summed E-state index contributed by atoms with van der Waals surface area (Å²) in [7, 11) is 0. The first-order chi connectivity index (χ1) is 29.9. The molecule has 1 aliphatic rings. The molecule has 9 N–H and O–H groups in total. The Balaban J connectivity index is 1.25. The van der Waals surface area contributed by atoms with Gasteiger partial charge in [0.2, 0.25) is 35.4 Å². The molecule has 1 aliphatic carbocycles.